The Labute approximate surface area is 173 Å². The van der Waals surface area contributed by atoms with Crippen LogP contribution in [0.25, 0.3) is 10.9 Å². The van der Waals surface area contributed by atoms with Gasteiger partial charge in [-0.15, -0.1) is 0 Å². The van der Waals surface area contributed by atoms with Crippen molar-refractivity contribution in [3.05, 3.63) is 87.9 Å². The molecule has 0 fully saturated rings. The van der Waals surface area contributed by atoms with Crippen molar-refractivity contribution in [1.82, 2.24) is 9.97 Å². The maximum atomic E-state index is 6.11. The number of benzene rings is 3. The summed E-state index contributed by atoms with van der Waals surface area (Å²) >= 11 is 12.1. The van der Waals surface area contributed by atoms with Crippen LogP contribution >= 0.6 is 23.2 Å². The Hall–Kier alpha value is -2.82. The lowest BCUT2D eigenvalue weighted by Gasteiger charge is -2.12. The summed E-state index contributed by atoms with van der Waals surface area (Å²) in [4.78, 5) is 9.28. The molecule has 28 heavy (non-hydrogen) atoms. The smallest absolute Gasteiger partial charge is 0.229 e. The Kier molecular flexibility index (Phi) is 5.33. The van der Waals surface area contributed by atoms with Crippen LogP contribution in [-0.2, 0) is 6.54 Å². The van der Waals surface area contributed by atoms with Gasteiger partial charge in [0.05, 0.1) is 15.6 Å². The highest BCUT2D eigenvalue weighted by molar-refractivity contribution is 6.42. The number of halogens is 2. The van der Waals surface area contributed by atoms with Gasteiger partial charge in [0, 0.05) is 17.6 Å². The summed E-state index contributed by atoms with van der Waals surface area (Å²) in [5.41, 5.74) is 4.05. The number of para-hydroxylation sites is 1. The predicted molar refractivity (Wildman–Crippen MR) is 118 cm³/mol. The second-order valence-electron chi connectivity index (χ2n) is 6.51. The second kappa shape index (κ2) is 8.05. The summed E-state index contributed by atoms with van der Waals surface area (Å²) in [6, 6.07) is 21.7. The fourth-order valence-corrected chi connectivity index (χ4v) is 3.16. The van der Waals surface area contributed by atoms with Crippen molar-refractivity contribution in [3.63, 3.8) is 0 Å². The van der Waals surface area contributed by atoms with Crippen LogP contribution in [0.3, 0.4) is 0 Å². The van der Waals surface area contributed by atoms with Crippen molar-refractivity contribution >= 4 is 51.6 Å². The molecule has 0 aliphatic heterocycles. The summed E-state index contributed by atoms with van der Waals surface area (Å²) in [5, 5.41) is 8.59. The van der Waals surface area contributed by atoms with Gasteiger partial charge in [0.15, 0.2) is 0 Å². The van der Waals surface area contributed by atoms with E-state index in [0.717, 1.165) is 22.4 Å². The van der Waals surface area contributed by atoms with Crippen molar-refractivity contribution in [1.29, 1.82) is 0 Å². The van der Waals surface area contributed by atoms with Gasteiger partial charge in [-0.1, -0.05) is 65.2 Å². The molecule has 4 aromatic rings. The molecule has 140 valence electrons. The number of aromatic nitrogens is 2. The van der Waals surface area contributed by atoms with Gasteiger partial charge in [0.25, 0.3) is 0 Å². The van der Waals surface area contributed by atoms with E-state index in [2.05, 4.69) is 51.8 Å². The molecule has 0 unspecified atom stereocenters. The fourth-order valence-electron chi connectivity index (χ4n) is 2.86. The van der Waals surface area contributed by atoms with Crippen molar-refractivity contribution in [3.8, 4) is 0 Å². The maximum absolute atomic E-state index is 6.11. The largest absolute Gasteiger partial charge is 0.365 e. The summed E-state index contributed by atoms with van der Waals surface area (Å²) in [6.45, 7) is 2.75. The number of rotatable bonds is 5. The van der Waals surface area contributed by atoms with Crippen LogP contribution in [0.4, 0.5) is 17.5 Å². The van der Waals surface area contributed by atoms with Gasteiger partial charge < -0.3 is 10.6 Å². The maximum Gasteiger partial charge on any atom is 0.229 e. The van der Waals surface area contributed by atoms with Crippen LogP contribution in [0.1, 0.15) is 11.1 Å². The molecule has 6 heteroatoms. The Morgan fingerprint density at radius 1 is 0.857 bits per heavy atom. The highest BCUT2D eigenvalue weighted by atomic mass is 35.5. The Balaban J connectivity index is 1.64. The van der Waals surface area contributed by atoms with Gasteiger partial charge in [0.1, 0.15) is 5.82 Å². The quantitative estimate of drug-likeness (QED) is 0.390. The van der Waals surface area contributed by atoms with E-state index < -0.39 is 0 Å². The monoisotopic (exact) mass is 408 g/mol. The number of hydrogen-bond donors (Lipinski definition) is 2. The van der Waals surface area contributed by atoms with Crippen molar-refractivity contribution in [2.24, 2.45) is 0 Å². The molecule has 0 amide bonds. The molecule has 0 saturated carbocycles. The number of aryl methyl sites for hydroxylation is 1. The van der Waals surface area contributed by atoms with Crippen LogP contribution in [0, 0.1) is 6.92 Å². The highest BCUT2D eigenvalue weighted by Crippen LogP contribution is 2.28. The van der Waals surface area contributed by atoms with E-state index >= 15 is 0 Å². The van der Waals surface area contributed by atoms with Crippen LogP contribution in [0.15, 0.2) is 66.7 Å². The fraction of sp³-hybridized carbons (Fsp3) is 0.0909. The standard InChI is InChI=1S/C22H18Cl2N4/c1-14-6-8-15(9-7-14)13-25-21-17-4-2-3-5-20(17)27-22(28-21)26-16-10-11-18(23)19(24)12-16/h2-12H,13H2,1H3,(H2,25,26,27,28). The molecule has 0 bridgehead atoms. The van der Waals surface area contributed by atoms with E-state index in [9.17, 15) is 0 Å². The van der Waals surface area contributed by atoms with Gasteiger partial charge in [-0.25, -0.2) is 4.98 Å². The topological polar surface area (TPSA) is 49.8 Å². The Morgan fingerprint density at radius 3 is 2.43 bits per heavy atom. The lowest BCUT2D eigenvalue weighted by molar-refractivity contribution is 1.10. The Bertz CT molecular complexity index is 1130. The SMILES string of the molecule is Cc1ccc(CNc2nc(Nc3ccc(Cl)c(Cl)c3)nc3ccccc23)cc1. The summed E-state index contributed by atoms with van der Waals surface area (Å²) < 4.78 is 0. The van der Waals surface area contributed by atoms with Gasteiger partial charge in [-0.05, 0) is 42.8 Å². The number of nitrogens with zero attached hydrogens (tertiary/aromatic N) is 2. The van der Waals surface area contributed by atoms with Crippen molar-refractivity contribution < 1.29 is 0 Å². The molecule has 0 aliphatic carbocycles. The number of hydrogen-bond acceptors (Lipinski definition) is 4. The molecule has 0 aliphatic rings. The molecule has 0 atom stereocenters. The third-order valence-corrected chi connectivity index (χ3v) is 5.10. The van der Waals surface area contributed by atoms with Gasteiger partial charge in [-0.3, -0.25) is 0 Å². The van der Waals surface area contributed by atoms with Crippen LogP contribution in [0.5, 0.6) is 0 Å². The molecule has 4 nitrogen and oxygen atoms in total. The number of anilines is 3. The minimum atomic E-state index is 0.477. The van der Waals surface area contributed by atoms with Gasteiger partial charge in [-0.2, -0.15) is 4.98 Å². The first kappa shape index (κ1) is 18.5. The molecule has 2 N–H and O–H groups in total. The average molecular weight is 409 g/mol. The zero-order valence-corrected chi connectivity index (χ0v) is 16.7. The summed E-state index contributed by atoms with van der Waals surface area (Å²) in [6.07, 6.45) is 0. The van der Waals surface area contributed by atoms with Gasteiger partial charge in [0.2, 0.25) is 5.95 Å². The van der Waals surface area contributed by atoms with Crippen LogP contribution in [0.2, 0.25) is 10.0 Å². The average Bonchev–Trinajstić information content (AvgIpc) is 2.70. The van der Waals surface area contributed by atoms with E-state index in [1.165, 1.54) is 11.1 Å². The minimum absolute atomic E-state index is 0.477. The van der Waals surface area contributed by atoms with E-state index in [1.807, 2.05) is 30.3 Å². The first-order valence-electron chi connectivity index (χ1n) is 8.87. The van der Waals surface area contributed by atoms with E-state index in [1.54, 1.807) is 12.1 Å². The molecule has 1 heterocycles. The molecular formula is C22H18Cl2N4. The summed E-state index contributed by atoms with van der Waals surface area (Å²) in [5.74, 6) is 1.26. The number of nitrogens with one attached hydrogen (secondary N) is 2. The third kappa shape index (κ3) is 4.19. The van der Waals surface area contributed by atoms with Crippen LogP contribution in [-0.4, -0.2) is 9.97 Å². The number of fused-ring (bicyclic) bond motifs is 1. The van der Waals surface area contributed by atoms with Gasteiger partial charge >= 0.3 is 0 Å². The normalized spacial score (nSPS) is 10.8. The second-order valence-corrected chi connectivity index (χ2v) is 7.32. The zero-order chi connectivity index (χ0) is 19.5. The molecule has 4 rings (SSSR count). The predicted octanol–water partition coefficient (Wildman–Crippen LogP) is 6.60. The molecule has 0 spiro atoms. The minimum Gasteiger partial charge on any atom is -0.365 e. The first-order chi connectivity index (χ1) is 13.6. The van der Waals surface area contributed by atoms with E-state index in [4.69, 9.17) is 23.2 Å². The molecular weight excluding hydrogens is 391 g/mol. The molecule has 1 aromatic heterocycles. The highest BCUT2D eigenvalue weighted by Gasteiger charge is 2.09. The van der Waals surface area contributed by atoms with E-state index in [0.29, 0.717) is 22.5 Å². The molecule has 3 aromatic carbocycles. The molecule has 0 saturated heterocycles. The summed E-state index contributed by atoms with van der Waals surface area (Å²) in [7, 11) is 0. The molecule has 0 radical (unpaired) electrons. The Morgan fingerprint density at radius 2 is 1.64 bits per heavy atom. The van der Waals surface area contributed by atoms with E-state index in [-0.39, 0.29) is 0 Å². The lowest BCUT2D eigenvalue weighted by Crippen LogP contribution is -2.05. The zero-order valence-electron chi connectivity index (χ0n) is 15.2. The third-order valence-electron chi connectivity index (χ3n) is 4.36. The first-order valence-corrected chi connectivity index (χ1v) is 9.62. The lowest BCUT2D eigenvalue weighted by atomic mass is 10.1. The van der Waals surface area contributed by atoms with Crippen molar-refractivity contribution in [2.45, 2.75) is 13.5 Å². The van der Waals surface area contributed by atoms with Crippen LogP contribution < -0.4 is 10.6 Å². The van der Waals surface area contributed by atoms with Crippen molar-refractivity contribution in [2.75, 3.05) is 10.6 Å².